The average Bonchev–Trinajstić information content (AvgIpc) is 2.94. The van der Waals surface area contributed by atoms with Gasteiger partial charge in [0, 0.05) is 33.8 Å². The summed E-state index contributed by atoms with van der Waals surface area (Å²) in [6.07, 6.45) is 1.95. The topological polar surface area (TPSA) is 37.0 Å². The molecule has 0 atom stereocenters. The number of anilines is 1. The number of fused-ring (bicyclic) bond motifs is 1. The first kappa shape index (κ1) is 13.1. The third-order valence-electron chi connectivity index (χ3n) is 3.29. The van der Waals surface area contributed by atoms with Gasteiger partial charge in [-0.1, -0.05) is 15.9 Å². The summed E-state index contributed by atoms with van der Waals surface area (Å²) in [7, 11) is 1.68. The van der Waals surface area contributed by atoms with Crippen molar-refractivity contribution >= 4 is 32.5 Å². The molecule has 0 spiro atoms. The predicted octanol–water partition coefficient (Wildman–Crippen LogP) is 4.55. The number of ether oxygens (including phenoxy) is 1. The number of methoxy groups -OCH3 is 1. The molecule has 4 heteroatoms. The van der Waals surface area contributed by atoms with E-state index in [-0.39, 0.29) is 0 Å². The molecule has 3 aromatic rings. The van der Waals surface area contributed by atoms with Crippen molar-refractivity contribution in [1.29, 1.82) is 0 Å². The Morgan fingerprint density at radius 3 is 2.90 bits per heavy atom. The standard InChI is InChI=1S/C16H15BrN2O/c1-20-14-3-4-15(17)12(9-14)10-19-13-2-5-16-11(8-13)6-7-18-16/h2-9,18-19H,10H2,1H3. The predicted molar refractivity (Wildman–Crippen MR) is 86.3 cm³/mol. The molecule has 0 radical (unpaired) electrons. The van der Waals surface area contributed by atoms with Crippen molar-refractivity contribution < 1.29 is 4.74 Å². The minimum atomic E-state index is 0.744. The van der Waals surface area contributed by atoms with Crippen molar-refractivity contribution in [3.8, 4) is 5.75 Å². The number of H-pyrrole nitrogens is 1. The molecule has 0 bridgehead atoms. The highest BCUT2D eigenvalue weighted by molar-refractivity contribution is 9.10. The van der Waals surface area contributed by atoms with Gasteiger partial charge in [-0.25, -0.2) is 0 Å². The van der Waals surface area contributed by atoms with Crippen LogP contribution in [0.3, 0.4) is 0 Å². The monoisotopic (exact) mass is 330 g/mol. The maximum absolute atomic E-state index is 5.26. The van der Waals surface area contributed by atoms with Crippen molar-refractivity contribution in [3.05, 3.63) is 58.7 Å². The zero-order chi connectivity index (χ0) is 13.9. The van der Waals surface area contributed by atoms with E-state index in [1.54, 1.807) is 7.11 Å². The van der Waals surface area contributed by atoms with Crippen LogP contribution in [0.5, 0.6) is 5.75 Å². The Hall–Kier alpha value is -1.94. The molecule has 1 aromatic heterocycles. The van der Waals surface area contributed by atoms with Crippen LogP contribution in [0.15, 0.2) is 53.1 Å². The second-order valence-electron chi connectivity index (χ2n) is 4.59. The maximum Gasteiger partial charge on any atom is 0.119 e. The summed E-state index contributed by atoms with van der Waals surface area (Å²) in [5, 5.41) is 4.64. The third-order valence-corrected chi connectivity index (χ3v) is 4.06. The molecule has 1 heterocycles. The molecule has 20 heavy (non-hydrogen) atoms. The lowest BCUT2D eigenvalue weighted by atomic mass is 10.2. The zero-order valence-corrected chi connectivity index (χ0v) is 12.7. The summed E-state index contributed by atoms with van der Waals surface area (Å²) in [6, 6.07) is 14.4. The van der Waals surface area contributed by atoms with Crippen LogP contribution >= 0.6 is 15.9 Å². The molecule has 0 unspecified atom stereocenters. The molecule has 3 rings (SSSR count). The van der Waals surface area contributed by atoms with Crippen molar-refractivity contribution in [2.75, 3.05) is 12.4 Å². The number of aromatic amines is 1. The second kappa shape index (κ2) is 5.59. The fraction of sp³-hybridized carbons (Fsp3) is 0.125. The van der Waals surface area contributed by atoms with Crippen LogP contribution < -0.4 is 10.1 Å². The van der Waals surface area contributed by atoms with E-state index in [0.29, 0.717) is 0 Å². The molecular weight excluding hydrogens is 316 g/mol. The molecule has 0 fully saturated rings. The van der Waals surface area contributed by atoms with Gasteiger partial charge >= 0.3 is 0 Å². The summed E-state index contributed by atoms with van der Waals surface area (Å²) in [5.74, 6) is 0.867. The summed E-state index contributed by atoms with van der Waals surface area (Å²) in [4.78, 5) is 3.19. The maximum atomic E-state index is 5.26. The molecule has 0 saturated heterocycles. The van der Waals surface area contributed by atoms with Gasteiger partial charge in [0.15, 0.2) is 0 Å². The Morgan fingerprint density at radius 2 is 2.05 bits per heavy atom. The molecule has 0 saturated carbocycles. The highest BCUT2D eigenvalue weighted by atomic mass is 79.9. The number of rotatable bonds is 4. The summed E-state index contributed by atoms with van der Waals surface area (Å²) >= 11 is 3.57. The molecule has 2 aromatic carbocycles. The second-order valence-corrected chi connectivity index (χ2v) is 5.44. The van der Waals surface area contributed by atoms with E-state index in [1.165, 1.54) is 10.9 Å². The highest BCUT2D eigenvalue weighted by Crippen LogP contribution is 2.24. The average molecular weight is 331 g/mol. The Labute approximate surface area is 126 Å². The van der Waals surface area contributed by atoms with Gasteiger partial charge in [-0.15, -0.1) is 0 Å². The van der Waals surface area contributed by atoms with Gasteiger partial charge in [0.25, 0.3) is 0 Å². The molecular formula is C16H15BrN2O. The van der Waals surface area contributed by atoms with Gasteiger partial charge in [0.2, 0.25) is 0 Å². The van der Waals surface area contributed by atoms with Crippen molar-refractivity contribution in [3.63, 3.8) is 0 Å². The summed E-state index contributed by atoms with van der Waals surface area (Å²) in [6.45, 7) is 0.744. The van der Waals surface area contributed by atoms with Crippen LogP contribution in [0.2, 0.25) is 0 Å². The summed E-state index contributed by atoms with van der Waals surface area (Å²) < 4.78 is 6.33. The lowest BCUT2D eigenvalue weighted by Gasteiger charge is -2.10. The molecule has 0 aliphatic carbocycles. The molecule has 0 aliphatic rings. The number of aromatic nitrogens is 1. The molecule has 3 nitrogen and oxygen atoms in total. The summed E-state index contributed by atoms with van der Waals surface area (Å²) in [5.41, 5.74) is 3.42. The van der Waals surface area contributed by atoms with Crippen molar-refractivity contribution in [2.45, 2.75) is 6.54 Å². The molecule has 2 N–H and O–H groups in total. The molecule has 0 amide bonds. The van der Waals surface area contributed by atoms with Gasteiger partial charge in [-0.3, -0.25) is 0 Å². The first-order chi connectivity index (χ1) is 9.76. The van der Waals surface area contributed by atoms with Crippen LogP contribution in [0.25, 0.3) is 10.9 Å². The van der Waals surface area contributed by atoms with E-state index in [2.05, 4.69) is 50.5 Å². The number of hydrogen-bond acceptors (Lipinski definition) is 2. The van der Waals surface area contributed by atoms with Crippen LogP contribution in [0.4, 0.5) is 5.69 Å². The normalized spacial score (nSPS) is 10.7. The zero-order valence-electron chi connectivity index (χ0n) is 11.1. The fourth-order valence-electron chi connectivity index (χ4n) is 2.17. The largest absolute Gasteiger partial charge is 0.497 e. The minimum absolute atomic E-state index is 0.744. The van der Waals surface area contributed by atoms with Crippen molar-refractivity contribution in [1.82, 2.24) is 4.98 Å². The van der Waals surface area contributed by atoms with E-state index >= 15 is 0 Å². The molecule has 0 aliphatic heterocycles. The van der Waals surface area contributed by atoms with Crippen LogP contribution in [-0.2, 0) is 6.54 Å². The van der Waals surface area contributed by atoms with E-state index < -0.39 is 0 Å². The Bertz CT molecular complexity index is 736. The van der Waals surface area contributed by atoms with Crippen LogP contribution in [0, 0.1) is 0 Å². The lowest BCUT2D eigenvalue weighted by Crippen LogP contribution is -2.00. The smallest absolute Gasteiger partial charge is 0.119 e. The van der Waals surface area contributed by atoms with E-state index in [4.69, 9.17) is 4.74 Å². The Kier molecular flexibility index (Phi) is 3.65. The first-order valence-electron chi connectivity index (χ1n) is 6.40. The van der Waals surface area contributed by atoms with Gasteiger partial charge in [-0.2, -0.15) is 0 Å². The van der Waals surface area contributed by atoms with Gasteiger partial charge in [0.1, 0.15) is 5.75 Å². The van der Waals surface area contributed by atoms with Crippen LogP contribution in [0.1, 0.15) is 5.56 Å². The molecule has 102 valence electrons. The van der Waals surface area contributed by atoms with E-state index in [1.807, 2.05) is 24.4 Å². The van der Waals surface area contributed by atoms with Crippen molar-refractivity contribution in [2.24, 2.45) is 0 Å². The highest BCUT2D eigenvalue weighted by Gasteiger charge is 2.03. The van der Waals surface area contributed by atoms with Gasteiger partial charge in [-0.05, 0) is 48.0 Å². The SMILES string of the molecule is COc1ccc(Br)c(CNc2ccc3[nH]ccc3c2)c1. The van der Waals surface area contributed by atoms with E-state index in [9.17, 15) is 0 Å². The number of halogens is 1. The number of nitrogens with one attached hydrogen (secondary N) is 2. The minimum Gasteiger partial charge on any atom is -0.497 e. The number of hydrogen-bond donors (Lipinski definition) is 2. The van der Waals surface area contributed by atoms with Gasteiger partial charge < -0.3 is 15.0 Å². The number of benzene rings is 2. The Balaban J connectivity index is 1.78. The third kappa shape index (κ3) is 2.65. The Morgan fingerprint density at radius 1 is 1.15 bits per heavy atom. The van der Waals surface area contributed by atoms with Gasteiger partial charge in [0.05, 0.1) is 7.11 Å². The first-order valence-corrected chi connectivity index (χ1v) is 7.19. The van der Waals surface area contributed by atoms with Crippen LogP contribution in [-0.4, -0.2) is 12.1 Å². The lowest BCUT2D eigenvalue weighted by molar-refractivity contribution is 0.414. The van der Waals surface area contributed by atoms with E-state index in [0.717, 1.165) is 28.0 Å². The quantitative estimate of drug-likeness (QED) is 0.736. The fourth-order valence-corrected chi connectivity index (χ4v) is 2.56.